The minimum absolute atomic E-state index is 0.574. The molecule has 2 rings (SSSR count). The van der Waals surface area contributed by atoms with Crippen LogP contribution in [0.15, 0.2) is 6.20 Å². The maximum atomic E-state index is 4.48. The molecule has 0 aliphatic carbocycles. The van der Waals surface area contributed by atoms with Gasteiger partial charge in [0.25, 0.3) is 0 Å². The van der Waals surface area contributed by atoms with Crippen LogP contribution in [-0.2, 0) is 0 Å². The van der Waals surface area contributed by atoms with E-state index >= 15 is 0 Å². The summed E-state index contributed by atoms with van der Waals surface area (Å²) in [5, 5.41) is 4.73. The highest BCUT2D eigenvalue weighted by atomic mass is 32.1. The number of rotatable bonds is 2. The lowest BCUT2D eigenvalue weighted by molar-refractivity contribution is 0.466. The van der Waals surface area contributed by atoms with E-state index in [0.717, 1.165) is 6.54 Å². The Hall–Kier alpha value is -0.410. The lowest BCUT2D eigenvalue weighted by atomic mass is 9.99. The Labute approximate surface area is 89.8 Å². The van der Waals surface area contributed by atoms with Crippen molar-refractivity contribution in [2.75, 3.05) is 13.1 Å². The highest BCUT2D eigenvalue weighted by Gasteiger charge is 2.18. The van der Waals surface area contributed by atoms with E-state index in [9.17, 15) is 0 Å². The summed E-state index contributed by atoms with van der Waals surface area (Å²) in [6.07, 6.45) is 4.71. The molecule has 0 spiro atoms. The molecule has 14 heavy (non-hydrogen) atoms. The van der Waals surface area contributed by atoms with E-state index in [1.54, 1.807) is 0 Å². The van der Waals surface area contributed by atoms with Gasteiger partial charge < -0.3 is 5.32 Å². The Morgan fingerprint density at radius 2 is 2.43 bits per heavy atom. The number of aromatic nitrogens is 1. The van der Waals surface area contributed by atoms with Crippen molar-refractivity contribution in [3.63, 3.8) is 0 Å². The topological polar surface area (TPSA) is 24.9 Å². The van der Waals surface area contributed by atoms with Crippen molar-refractivity contribution in [1.82, 2.24) is 10.3 Å². The first-order valence-corrected chi connectivity index (χ1v) is 6.25. The molecule has 2 nitrogen and oxygen atoms in total. The van der Waals surface area contributed by atoms with Gasteiger partial charge in [0.05, 0.1) is 5.01 Å². The summed E-state index contributed by atoms with van der Waals surface area (Å²) in [5.41, 5.74) is 0. The van der Waals surface area contributed by atoms with Crippen molar-refractivity contribution in [2.45, 2.75) is 38.5 Å². The van der Waals surface area contributed by atoms with E-state index in [1.165, 1.54) is 29.3 Å². The van der Waals surface area contributed by atoms with Crippen molar-refractivity contribution < 1.29 is 0 Å². The van der Waals surface area contributed by atoms with Crippen LogP contribution in [0.4, 0.5) is 0 Å². The standard InChI is InChI=1S/C11H18N2S/c1-8(2)11-13-7-10(14-11)9-4-3-5-12-6-9/h7-9,12H,3-6H2,1-2H3. The van der Waals surface area contributed by atoms with Gasteiger partial charge in [0, 0.05) is 29.5 Å². The van der Waals surface area contributed by atoms with Gasteiger partial charge in [-0.2, -0.15) is 0 Å². The van der Waals surface area contributed by atoms with Crippen LogP contribution in [0.25, 0.3) is 0 Å². The fourth-order valence-electron chi connectivity index (χ4n) is 1.85. The third kappa shape index (κ3) is 2.15. The molecule has 1 aromatic heterocycles. The van der Waals surface area contributed by atoms with Crippen LogP contribution >= 0.6 is 11.3 Å². The van der Waals surface area contributed by atoms with Gasteiger partial charge >= 0.3 is 0 Å². The zero-order valence-corrected chi connectivity index (χ0v) is 9.73. The zero-order chi connectivity index (χ0) is 9.97. The highest BCUT2D eigenvalue weighted by molar-refractivity contribution is 7.11. The molecule has 1 aliphatic heterocycles. The Bertz CT molecular complexity index is 287. The van der Waals surface area contributed by atoms with E-state index in [2.05, 4.69) is 30.3 Å². The molecule has 0 radical (unpaired) electrons. The maximum absolute atomic E-state index is 4.48. The number of piperidine rings is 1. The van der Waals surface area contributed by atoms with Gasteiger partial charge in [-0.1, -0.05) is 13.8 Å². The summed E-state index contributed by atoms with van der Waals surface area (Å²) in [4.78, 5) is 5.95. The van der Waals surface area contributed by atoms with Gasteiger partial charge in [-0.3, -0.25) is 0 Å². The number of nitrogens with zero attached hydrogens (tertiary/aromatic N) is 1. The molecular formula is C11H18N2S. The van der Waals surface area contributed by atoms with Crippen LogP contribution in [0, 0.1) is 0 Å². The van der Waals surface area contributed by atoms with Crippen LogP contribution in [0.2, 0.25) is 0 Å². The molecule has 1 unspecified atom stereocenters. The summed E-state index contributed by atoms with van der Waals surface area (Å²) < 4.78 is 0. The molecule has 1 saturated heterocycles. The first kappa shape index (κ1) is 10.1. The van der Waals surface area contributed by atoms with E-state index in [1.807, 2.05) is 11.3 Å². The average molecular weight is 210 g/mol. The third-order valence-corrected chi connectivity index (χ3v) is 4.19. The normalized spacial score (nSPS) is 22.9. The van der Waals surface area contributed by atoms with Crippen LogP contribution < -0.4 is 5.32 Å². The van der Waals surface area contributed by atoms with Crippen molar-refractivity contribution >= 4 is 11.3 Å². The fraction of sp³-hybridized carbons (Fsp3) is 0.727. The second-order valence-electron chi connectivity index (χ2n) is 4.30. The Kier molecular flexibility index (Phi) is 3.19. The lowest BCUT2D eigenvalue weighted by Gasteiger charge is -2.20. The minimum atomic E-state index is 0.574. The first-order valence-electron chi connectivity index (χ1n) is 5.43. The quantitative estimate of drug-likeness (QED) is 0.812. The minimum Gasteiger partial charge on any atom is -0.316 e. The van der Waals surface area contributed by atoms with Crippen LogP contribution in [-0.4, -0.2) is 18.1 Å². The van der Waals surface area contributed by atoms with Gasteiger partial charge in [0.15, 0.2) is 0 Å². The predicted molar refractivity (Wildman–Crippen MR) is 61.0 cm³/mol. The number of thiazole rings is 1. The van der Waals surface area contributed by atoms with Crippen LogP contribution in [0.5, 0.6) is 0 Å². The van der Waals surface area contributed by atoms with Crippen LogP contribution in [0.3, 0.4) is 0 Å². The second-order valence-corrected chi connectivity index (χ2v) is 5.39. The average Bonchev–Trinajstić information content (AvgIpc) is 2.68. The molecule has 0 saturated carbocycles. The van der Waals surface area contributed by atoms with Crippen molar-refractivity contribution in [3.8, 4) is 0 Å². The zero-order valence-electron chi connectivity index (χ0n) is 8.92. The molecule has 0 aromatic carbocycles. The molecule has 1 fully saturated rings. The molecule has 78 valence electrons. The largest absolute Gasteiger partial charge is 0.316 e. The SMILES string of the molecule is CC(C)c1ncc(C2CCCNC2)s1. The molecule has 1 atom stereocenters. The summed E-state index contributed by atoms with van der Waals surface area (Å²) in [5.74, 6) is 1.29. The van der Waals surface area contributed by atoms with Gasteiger partial charge in [0.2, 0.25) is 0 Å². The molecule has 0 bridgehead atoms. The second kappa shape index (κ2) is 4.41. The van der Waals surface area contributed by atoms with Gasteiger partial charge in [-0.05, 0) is 19.4 Å². The summed E-state index contributed by atoms with van der Waals surface area (Å²) >= 11 is 1.90. The molecule has 1 N–H and O–H groups in total. The van der Waals surface area contributed by atoms with E-state index < -0.39 is 0 Å². The molecule has 1 aliphatic rings. The first-order chi connectivity index (χ1) is 6.77. The number of hydrogen-bond donors (Lipinski definition) is 1. The van der Waals surface area contributed by atoms with Gasteiger partial charge in [-0.25, -0.2) is 4.98 Å². The fourth-order valence-corrected chi connectivity index (χ4v) is 2.91. The van der Waals surface area contributed by atoms with Gasteiger partial charge in [-0.15, -0.1) is 11.3 Å². The summed E-state index contributed by atoms with van der Waals surface area (Å²) in [6, 6.07) is 0. The van der Waals surface area contributed by atoms with Crippen molar-refractivity contribution in [3.05, 3.63) is 16.1 Å². The Balaban J connectivity index is 2.07. The Morgan fingerprint density at radius 3 is 3.00 bits per heavy atom. The molecule has 3 heteroatoms. The van der Waals surface area contributed by atoms with Gasteiger partial charge in [0.1, 0.15) is 0 Å². The van der Waals surface area contributed by atoms with E-state index in [0.29, 0.717) is 11.8 Å². The van der Waals surface area contributed by atoms with E-state index in [4.69, 9.17) is 0 Å². The van der Waals surface area contributed by atoms with Crippen molar-refractivity contribution in [1.29, 1.82) is 0 Å². The van der Waals surface area contributed by atoms with Crippen molar-refractivity contribution in [2.24, 2.45) is 0 Å². The molecule has 1 aromatic rings. The van der Waals surface area contributed by atoms with E-state index in [-0.39, 0.29) is 0 Å². The number of nitrogens with one attached hydrogen (secondary N) is 1. The predicted octanol–water partition coefficient (Wildman–Crippen LogP) is 2.73. The summed E-state index contributed by atoms with van der Waals surface area (Å²) in [6.45, 7) is 6.75. The number of hydrogen-bond acceptors (Lipinski definition) is 3. The smallest absolute Gasteiger partial charge is 0.0953 e. The Morgan fingerprint density at radius 1 is 1.57 bits per heavy atom. The maximum Gasteiger partial charge on any atom is 0.0953 e. The summed E-state index contributed by atoms with van der Waals surface area (Å²) in [7, 11) is 0. The molecular weight excluding hydrogens is 192 g/mol. The molecule has 2 heterocycles. The monoisotopic (exact) mass is 210 g/mol. The van der Waals surface area contributed by atoms with Crippen LogP contribution in [0.1, 0.15) is 48.4 Å². The third-order valence-electron chi connectivity index (χ3n) is 2.73. The highest BCUT2D eigenvalue weighted by Crippen LogP contribution is 2.30. The lowest BCUT2D eigenvalue weighted by Crippen LogP contribution is -2.27. The molecule has 0 amide bonds.